The second-order valence-corrected chi connectivity index (χ2v) is 5.53. The molecule has 2 aromatic carbocycles. The van der Waals surface area contributed by atoms with Crippen LogP contribution in [0.5, 0.6) is 11.5 Å². The van der Waals surface area contributed by atoms with Crippen molar-refractivity contribution in [1.29, 1.82) is 0 Å². The summed E-state index contributed by atoms with van der Waals surface area (Å²) in [7, 11) is 1.57. The molecule has 5 nitrogen and oxygen atoms in total. The molecule has 0 saturated heterocycles. The molecule has 0 aromatic heterocycles. The first-order valence-corrected chi connectivity index (χ1v) is 7.69. The third kappa shape index (κ3) is 4.23. The van der Waals surface area contributed by atoms with Crippen molar-refractivity contribution in [2.24, 2.45) is 5.92 Å². The zero-order valence-electron chi connectivity index (χ0n) is 13.0. The molecule has 0 heterocycles. The number of rotatable bonds is 7. The van der Waals surface area contributed by atoms with Gasteiger partial charge in [0.2, 0.25) is 0 Å². The maximum atomic E-state index is 11.8. The number of hydrogen-bond donors (Lipinski definition) is 2. The summed E-state index contributed by atoms with van der Waals surface area (Å²) < 4.78 is 10.7. The number of carbonyl (C=O) groups excluding carboxylic acids is 1. The second-order valence-electron chi connectivity index (χ2n) is 5.53. The van der Waals surface area contributed by atoms with Crippen LogP contribution in [-0.2, 0) is 11.3 Å². The van der Waals surface area contributed by atoms with Crippen molar-refractivity contribution < 1.29 is 14.3 Å². The van der Waals surface area contributed by atoms with Gasteiger partial charge in [-0.15, -0.1) is 0 Å². The highest BCUT2D eigenvalue weighted by atomic mass is 16.6. The number of hydrazine groups is 1. The fourth-order valence-electron chi connectivity index (χ4n) is 2.19. The van der Waals surface area contributed by atoms with E-state index >= 15 is 0 Å². The fourth-order valence-corrected chi connectivity index (χ4v) is 2.19. The van der Waals surface area contributed by atoms with E-state index < -0.39 is 0 Å². The Balaban J connectivity index is 1.58. The number of nitrogens with one attached hydrogen (secondary N) is 2. The number of para-hydroxylation sites is 1. The van der Waals surface area contributed by atoms with Gasteiger partial charge in [-0.1, -0.05) is 24.3 Å². The van der Waals surface area contributed by atoms with Gasteiger partial charge in [0.1, 0.15) is 0 Å². The first kappa shape index (κ1) is 15.4. The molecular formula is C18H20N2O3. The van der Waals surface area contributed by atoms with Crippen LogP contribution in [0.1, 0.15) is 18.4 Å². The Morgan fingerprint density at radius 2 is 1.91 bits per heavy atom. The molecule has 5 heteroatoms. The van der Waals surface area contributed by atoms with Crippen LogP contribution in [0, 0.1) is 5.92 Å². The van der Waals surface area contributed by atoms with E-state index in [9.17, 15) is 4.79 Å². The summed E-state index contributed by atoms with van der Waals surface area (Å²) in [4.78, 5) is 11.8. The topological polar surface area (TPSA) is 59.6 Å². The summed E-state index contributed by atoms with van der Waals surface area (Å²) in [5, 5.41) is 0. The summed E-state index contributed by atoms with van der Waals surface area (Å²) in [5.74, 6) is 0.943. The molecule has 0 amide bonds. The summed E-state index contributed by atoms with van der Waals surface area (Å²) in [5.41, 5.74) is 8.29. The minimum Gasteiger partial charge on any atom is -0.493 e. The van der Waals surface area contributed by atoms with Gasteiger partial charge in [0.05, 0.1) is 13.0 Å². The van der Waals surface area contributed by atoms with Gasteiger partial charge in [-0.3, -0.25) is 4.79 Å². The number of carbonyl (C=O) groups is 1. The van der Waals surface area contributed by atoms with E-state index in [-0.39, 0.29) is 11.9 Å². The van der Waals surface area contributed by atoms with Gasteiger partial charge in [0, 0.05) is 12.2 Å². The van der Waals surface area contributed by atoms with E-state index in [0.29, 0.717) is 18.0 Å². The Labute approximate surface area is 135 Å². The van der Waals surface area contributed by atoms with Gasteiger partial charge in [-0.05, 0) is 42.7 Å². The summed E-state index contributed by atoms with van der Waals surface area (Å²) in [6.45, 7) is 0.613. The summed E-state index contributed by atoms with van der Waals surface area (Å²) >= 11 is 0. The van der Waals surface area contributed by atoms with Crippen molar-refractivity contribution in [3.63, 3.8) is 0 Å². The predicted molar refractivity (Wildman–Crippen MR) is 88.3 cm³/mol. The fraction of sp³-hybridized carbons (Fsp3) is 0.278. The second kappa shape index (κ2) is 7.15. The molecule has 0 radical (unpaired) electrons. The lowest BCUT2D eigenvalue weighted by Crippen LogP contribution is -2.20. The van der Waals surface area contributed by atoms with Crippen LogP contribution < -0.4 is 20.3 Å². The standard InChI is InChI=1S/C18H20N2O3/c1-22-17-11-13(12-19-20-15-5-3-2-4-6-15)7-10-16(17)23-18(21)14-8-9-14/h2-7,10-11,14,19-20H,8-9,12H2,1H3. The van der Waals surface area contributed by atoms with Gasteiger partial charge >= 0.3 is 5.97 Å². The van der Waals surface area contributed by atoms with Crippen molar-refractivity contribution in [3.8, 4) is 11.5 Å². The Bertz CT molecular complexity index is 669. The summed E-state index contributed by atoms with van der Waals surface area (Å²) in [6.07, 6.45) is 1.85. The van der Waals surface area contributed by atoms with Gasteiger partial charge < -0.3 is 14.9 Å². The average Bonchev–Trinajstić information content (AvgIpc) is 3.42. The molecule has 23 heavy (non-hydrogen) atoms. The third-order valence-electron chi connectivity index (χ3n) is 3.65. The molecular weight excluding hydrogens is 292 g/mol. The summed E-state index contributed by atoms with van der Waals surface area (Å²) in [6, 6.07) is 15.4. The average molecular weight is 312 g/mol. The Kier molecular flexibility index (Phi) is 4.78. The van der Waals surface area contributed by atoms with E-state index in [1.807, 2.05) is 42.5 Å². The first-order valence-electron chi connectivity index (χ1n) is 7.69. The van der Waals surface area contributed by atoms with Crippen molar-refractivity contribution in [3.05, 3.63) is 54.1 Å². The maximum Gasteiger partial charge on any atom is 0.314 e. The molecule has 2 aromatic rings. The number of hydrogen-bond acceptors (Lipinski definition) is 5. The van der Waals surface area contributed by atoms with E-state index in [4.69, 9.17) is 9.47 Å². The van der Waals surface area contributed by atoms with Crippen molar-refractivity contribution >= 4 is 11.7 Å². The number of ether oxygens (including phenoxy) is 2. The normalized spacial score (nSPS) is 13.4. The lowest BCUT2D eigenvalue weighted by Gasteiger charge is -2.12. The van der Waals surface area contributed by atoms with Crippen LogP contribution in [-0.4, -0.2) is 13.1 Å². The van der Waals surface area contributed by atoms with Crippen LogP contribution in [0.3, 0.4) is 0 Å². The largest absolute Gasteiger partial charge is 0.493 e. The first-order chi connectivity index (χ1) is 11.3. The minimum atomic E-state index is -0.167. The van der Waals surface area contributed by atoms with Gasteiger partial charge in [0.25, 0.3) is 0 Å². The molecule has 0 unspecified atom stereocenters. The van der Waals surface area contributed by atoms with Crippen molar-refractivity contribution in [2.45, 2.75) is 19.4 Å². The Morgan fingerprint density at radius 1 is 1.13 bits per heavy atom. The quantitative estimate of drug-likeness (QED) is 0.467. The van der Waals surface area contributed by atoms with E-state index in [0.717, 1.165) is 24.1 Å². The molecule has 0 spiro atoms. The highest BCUT2D eigenvalue weighted by Crippen LogP contribution is 2.34. The maximum absolute atomic E-state index is 11.8. The van der Waals surface area contributed by atoms with Crippen LogP contribution >= 0.6 is 0 Å². The molecule has 0 bridgehead atoms. The molecule has 1 aliphatic carbocycles. The van der Waals surface area contributed by atoms with Crippen LogP contribution in [0.4, 0.5) is 5.69 Å². The third-order valence-corrected chi connectivity index (χ3v) is 3.65. The molecule has 1 saturated carbocycles. The van der Waals surface area contributed by atoms with E-state index in [2.05, 4.69) is 10.9 Å². The monoisotopic (exact) mass is 312 g/mol. The van der Waals surface area contributed by atoms with Crippen LogP contribution in [0.2, 0.25) is 0 Å². The van der Waals surface area contributed by atoms with Crippen LogP contribution in [0.15, 0.2) is 48.5 Å². The molecule has 2 N–H and O–H groups in total. The zero-order valence-corrected chi connectivity index (χ0v) is 13.0. The Hall–Kier alpha value is -2.53. The van der Waals surface area contributed by atoms with Crippen molar-refractivity contribution in [2.75, 3.05) is 12.5 Å². The zero-order chi connectivity index (χ0) is 16.1. The van der Waals surface area contributed by atoms with Crippen molar-refractivity contribution in [1.82, 2.24) is 5.43 Å². The number of anilines is 1. The number of benzene rings is 2. The molecule has 0 aliphatic heterocycles. The minimum absolute atomic E-state index is 0.0659. The van der Waals surface area contributed by atoms with Crippen LogP contribution in [0.25, 0.3) is 0 Å². The SMILES string of the molecule is COc1cc(CNNc2ccccc2)ccc1OC(=O)C1CC1. The van der Waals surface area contributed by atoms with Gasteiger partial charge in [-0.25, -0.2) is 5.43 Å². The van der Waals surface area contributed by atoms with E-state index in [1.54, 1.807) is 13.2 Å². The van der Waals surface area contributed by atoms with Gasteiger partial charge in [-0.2, -0.15) is 0 Å². The highest BCUT2D eigenvalue weighted by molar-refractivity contribution is 5.78. The van der Waals surface area contributed by atoms with Gasteiger partial charge in [0.15, 0.2) is 11.5 Å². The lowest BCUT2D eigenvalue weighted by molar-refractivity contribution is -0.135. The molecule has 0 atom stereocenters. The molecule has 120 valence electrons. The number of methoxy groups -OCH3 is 1. The lowest BCUT2D eigenvalue weighted by atomic mass is 10.2. The molecule has 1 fully saturated rings. The number of esters is 1. The van der Waals surface area contributed by atoms with E-state index in [1.165, 1.54) is 0 Å². The Morgan fingerprint density at radius 3 is 2.61 bits per heavy atom. The smallest absolute Gasteiger partial charge is 0.314 e. The predicted octanol–water partition coefficient (Wildman–Crippen LogP) is 3.13. The molecule has 1 aliphatic rings. The molecule has 3 rings (SSSR count). The highest BCUT2D eigenvalue weighted by Gasteiger charge is 2.32.